The second-order valence-corrected chi connectivity index (χ2v) is 5.54. The van der Waals surface area contributed by atoms with E-state index in [0.717, 1.165) is 0 Å². The molecule has 0 unspecified atom stereocenters. The van der Waals surface area contributed by atoms with Gasteiger partial charge in [-0.2, -0.15) is 0 Å². The van der Waals surface area contributed by atoms with Crippen molar-refractivity contribution in [3.8, 4) is 0 Å². The van der Waals surface area contributed by atoms with Crippen molar-refractivity contribution < 1.29 is 22.1 Å². The van der Waals surface area contributed by atoms with Crippen LogP contribution in [0.25, 0.3) is 0 Å². The molecule has 0 aromatic heterocycles. The van der Waals surface area contributed by atoms with Gasteiger partial charge in [0.2, 0.25) is 10.0 Å². The molecule has 1 aromatic carbocycles. The number of hydrogen-bond acceptors (Lipinski definition) is 5. The fraction of sp³-hybridized carbons (Fsp3) is 0.333. The average molecular weight is 295 g/mol. The molecule has 7 nitrogen and oxygen atoms in total. The summed E-state index contributed by atoms with van der Waals surface area (Å²) in [6, 6.07) is 1.11. The number of halogens is 2. The highest BCUT2D eigenvalue weighted by Gasteiger charge is 2.17. The molecule has 0 spiro atoms. The van der Waals surface area contributed by atoms with Crippen LogP contribution in [0.2, 0.25) is 0 Å². The molecular formula is C9H11F2N3O4S. The third-order valence-corrected chi connectivity index (χ3v) is 3.58. The molecule has 0 aliphatic rings. The molecule has 2 N–H and O–H groups in total. The monoisotopic (exact) mass is 295 g/mol. The van der Waals surface area contributed by atoms with Crippen LogP contribution in [0.4, 0.5) is 20.2 Å². The second-order valence-electron chi connectivity index (χ2n) is 3.49. The molecule has 106 valence electrons. The van der Waals surface area contributed by atoms with Gasteiger partial charge < -0.3 is 5.32 Å². The van der Waals surface area contributed by atoms with Crippen LogP contribution in [0.5, 0.6) is 0 Å². The molecule has 1 aromatic rings. The SMILES string of the molecule is CNS(=O)(=O)CCNc1c(F)cc([N+](=O)[O-])cc1F. The van der Waals surface area contributed by atoms with Crippen molar-refractivity contribution in [1.29, 1.82) is 0 Å². The van der Waals surface area contributed by atoms with E-state index in [2.05, 4.69) is 5.32 Å². The number of hydrogen-bond donors (Lipinski definition) is 2. The molecule has 0 fully saturated rings. The van der Waals surface area contributed by atoms with Crippen LogP contribution in [0.1, 0.15) is 0 Å². The summed E-state index contributed by atoms with van der Waals surface area (Å²) >= 11 is 0. The molecule has 0 aliphatic heterocycles. The van der Waals surface area contributed by atoms with Gasteiger partial charge in [-0.25, -0.2) is 21.9 Å². The maximum atomic E-state index is 13.4. The number of sulfonamides is 1. The fourth-order valence-electron chi connectivity index (χ4n) is 1.25. The number of benzene rings is 1. The van der Waals surface area contributed by atoms with E-state index in [-0.39, 0.29) is 12.3 Å². The third kappa shape index (κ3) is 4.10. The minimum absolute atomic E-state index is 0.241. The van der Waals surface area contributed by atoms with Crippen LogP contribution in [0.15, 0.2) is 12.1 Å². The van der Waals surface area contributed by atoms with E-state index in [1.54, 1.807) is 0 Å². The maximum absolute atomic E-state index is 13.4. The molecule has 0 radical (unpaired) electrons. The summed E-state index contributed by atoms with van der Waals surface area (Å²) in [5.41, 5.74) is -1.32. The number of rotatable bonds is 6. The van der Waals surface area contributed by atoms with E-state index in [9.17, 15) is 27.3 Å². The number of nitro benzene ring substituents is 1. The molecule has 0 saturated carbocycles. The summed E-state index contributed by atoms with van der Waals surface area (Å²) in [5, 5.41) is 12.6. The summed E-state index contributed by atoms with van der Waals surface area (Å²) in [7, 11) is -2.29. The highest BCUT2D eigenvalue weighted by atomic mass is 32.2. The first-order chi connectivity index (χ1) is 8.76. The normalized spacial score (nSPS) is 11.3. The molecular weight excluding hydrogens is 284 g/mol. The zero-order valence-electron chi connectivity index (χ0n) is 9.81. The zero-order chi connectivity index (χ0) is 14.6. The summed E-state index contributed by atoms with van der Waals surface area (Å²) in [6.45, 7) is -0.241. The van der Waals surface area contributed by atoms with Gasteiger partial charge in [-0.1, -0.05) is 0 Å². The van der Waals surface area contributed by atoms with E-state index in [4.69, 9.17) is 0 Å². The molecule has 0 atom stereocenters. The lowest BCUT2D eigenvalue weighted by molar-refractivity contribution is -0.385. The molecule has 10 heteroatoms. The third-order valence-electron chi connectivity index (χ3n) is 2.22. The van der Waals surface area contributed by atoms with Gasteiger partial charge in [-0.3, -0.25) is 10.1 Å². The first kappa shape index (κ1) is 15.2. The fourth-order valence-corrected chi connectivity index (χ4v) is 1.82. The summed E-state index contributed by atoms with van der Waals surface area (Å²) in [5.74, 6) is -2.71. The molecule has 0 bridgehead atoms. The summed E-state index contributed by atoms with van der Waals surface area (Å²) in [6.07, 6.45) is 0. The number of non-ortho nitro benzene ring substituents is 1. The Bertz CT molecular complexity index is 568. The average Bonchev–Trinajstić information content (AvgIpc) is 2.32. The van der Waals surface area contributed by atoms with Gasteiger partial charge in [-0.05, 0) is 7.05 Å². The van der Waals surface area contributed by atoms with Crippen molar-refractivity contribution in [2.45, 2.75) is 0 Å². The van der Waals surface area contributed by atoms with E-state index in [0.29, 0.717) is 12.1 Å². The van der Waals surface area contributed by atoms with Crippen LogP contribution in [0, 0.1) is 21.7 Å². The molecule has 0 aliphatic carbocycles. The Morgan fingerprint density at radius 3 is 2.26 bits per heavy atom. The topological polar surface area (TPSA) is 101 Å². The van der Waals surface area contributed by atoms with Crippen molar-refractivity contribution >= 4 is 21.4 Å². The van der Waals surface area contributed by atoms with E-state index in [1.165, 1.54) is 7.05 Å². The second kappa shape index (κ2) is 5.89. The van der Waals surface area contributed by atoms with Gasteiger partial charge in [0, 0.05) is 6.54 Å². The van der Waals surface area contributed by atoms with Crippen molar-refractivity contribution in [3.63, 3.8) is 0 Å². The Kier molecular flexibility index (Phi) is 4.72. The van der Waals surface area contributed by atoms with Crippen molar-refractivity contribution in [2.24, 2.45) is 0 Å². The highest BCUT2D eigenvalue weighted by Crippen LogP contribution is 2.24. The lowest BCUT2D eigenvalue weighted by Crippen LogP contribution is -2.26. The van der Waals surface area contributed by atoms with Crippen molar-refractivity contribution in [1.82, 2.24) is 4.72 Å². The zero-order valence-corrected chi connectivity index (χ0v) is 10.6. The minimum Gasteiger partial charge on any atom is -0.379 e. The predicted octanol–water partition coefficient (Wildman–Crippen LogP) is 0.834. The Labute approximate surface area is 107 Å². The molecule has 19 heavy (non-hydrogen) atoms. The maximum Gasteiger partial charge on any atom is 0.275 e. The predicted molar refractivity (Wildman–Crippen MR) is 64.3 cm³/mol. The lowest BCUT2D eigenvalue weighted by atomic mass is 10.2. The first-order valence-electron chi connectivity index (χ1n) is 5.05. The number of nitrogens with zero attached hydrogens (tertiary/aromatic N) is 1. The lowest BCUT2D eigenvalue weighted by Gasteiger charge is -2.08. The Morgan fingerprint density at radius 2 is 1.84 bits per heavy atom. The molecule has 1 rings (SSSR count). The van der Waals surface area contributed by atoms with Gasteiger partial charge in [0.15, 0.2) is 11.6 Å². The van der Waals surface area contributed by atoms with Crippen LogP contribution in [-0.2, 0) is 10.0 Å². The van der Waals surface area contributed by atoms with Crippen LogP contribution >= 0.6 is 0 Å². The number of nitrogens with one attached hydrogen (secondary N) is 2. The molecule has 0 amide bonds. The van der Waals surface area contributed by atoms with E-state index < -0.39 is 38.0 Å². The molecule has 0 heterocycles. The number of nitro groups is 1. The van der Waals surface area contributed by atoms with Gasteiger partial charge in [-0.15, -0.1) is 0 Å². The van der Waals surface area contributed by atoms with E-state index in [1.807, 2.05) is 4.72 Å². The molecule has 0 saturated heterocycles. The van der Waals surface area contributed by atoms with Gasteiger partial charge >= 0.3 is 0 Å². The van der Waals surface area contributed by atoms with Gasteiger partial charge in [0.05, 0.1) is 22.8 Å². The van der Waals surface area contributed by atoms with Crippen LogP contribution < -0.4 is 10.0 Å². The van der Waals surface area contributed by atoms with Crippen molar-refractivity contribution in [3.05, 3.63) is 33.9 Å². The standard InChI is InChI=1S/C9H11F2N3O4S/c1-12-19(17,18)3-2-13-9-7(10)4-6(14(15)16)5-8(9)11/h4-5,12-13H,2-3H2,1H3. The van der Waals surface area contributed by atoms with E-state index >= 15 is 0 Å². The summed E-state index contributed by atoms with van der Waals surface area (Å²) in [4.78, 5) is 9.44. The Morgan fingerprint density at radius 1 is 1.32 bits per heavy atom. The first-order valence-corrected chi connectivity index (χ1v) is 6.70. The Hall–Kier alpha value is -1.81. The summed E-state index contributed by atoms with van der Waals surface area (Å²) < 4.78 is 51.0. The highest BCUT2D eigenvalue weighted by molar-refractivity contribution is 7.89. The minimum atomic E-state index is -3.50. The van der Waals surface area contributed by atoms with Crippen molar-refractivity contribution in [2.75, 3.05) is 24.7 Å². The Balaban J connectivity index is 2.83. The quantitative estimate of drug-likeness (QED) is 0.598. The largest absolute Gasteiger partial charge is 0.379 e. The van der Waals surface area contributed by atoms with Gasteiger partial charge in [0.25, 0.3) is 5.69 Å². The smallest absolute Gasteiger partial charge is 0.275 e. The van der Waals surface area contributed by atoms with Crippen LogP contribution in [0.3, 0.4) is 0 Å². The van der Waals surface area contributed by atoms with Crippen LogP contribution in [-0.4, -0.2) is 32.7 Å². The number of anilines is 1. The van der Waals surface area contributed by atoms with Gasteiger partial charge in [0.1, 0.15) is 5.69 Å².